The van der Waals surface area contributed by atoms with Crippen LogP contribution >= 0.6 is 0 Å². The first kappa shape index (κ1) is 14.1. The number of fused-ring (bicyclic) bond motifs is 1. The largest absolute Gasteiger partial charge is 0.329 e. The molecule has 1 aromatic carbocycles. The quantitative estimate of drug-likeness (QED) is 0.811. The van der Waals surface area contributed by atoms with Gasteiger partial charge in [-0.1, -0.05) is 13.0 Å². The first-order valence-electron chi connectivity index (χ1n) is 7.58. The number of aromatic nitrogens is 2. The van der Waals surface area contributed by atoms with E-state index in [4.69, 9.17) is 5.73 Å². The van der Waals surface area contributed by atoms with Crippen molar-refractivity contribution in [3.63, 3.8) is 0 Å². The number of carbonyl (C=O) groups is 1. The summed E-state index contributed by atoms with van der Waals surface area (Å²) in [5, 5.41) is 10.9. The molecule has 2 aromatic rings. The number of nitrogens with two attached hydrogens (primary N) is 1. The average molecular weight is 286 g/mol. The first-order valence-corrected chi connectivity index (χ1v) is 7.58. The molecule has 0 saturated heterocycles. The molecule has 1 fully saturated rings. The van der Waals surface area contributed by atoms with E-state index in [-0.39, 0.29) is 5.91 Å². The summed E-state index contributed by atoms with van der Waals surface area (Å²) in [7, 11) is 0. The number of carbonyl (C=O) groups excluding carboxylic acids is 1. The summed E-state index contributed by atoms with van der Waals surface area (Å²) >= 11 is 0. The minimum Gasteiger partial charge on any atom is -0.329 e. The van der Waals surface area contributed by atoms with Gasteiger partial charge in [-0.25, -0.2) is 0 Å². The van der Waals surface area contributed by atoms with Crippen LogP contribution in [-0.4, -0.2) is 22.6 Å². The Hall–Kier alpha value is -1.88. The molecule has 0 aliphatic heterocycles. The maximum Gasteiger partial charge on any atom is 0.231 e. The Bertz CT molecular complexity index is 641. The molecule has 0 spiro atoms. The molecule has 0 unspecified atom stereocenters. The number of hydrogen-bond acceptors (Lipinski definition) is 3. The smallest absolute Gasteiger partial charge is 0.231 e. The van der Waals surface area contributed by atoms with Crippen molar-refractivity contribution in [1.29, 1.82) is 0 Å². The monoisotopic (exact) mass is 286 g/mol. The second-order valence-electron chi connectivity index (χ2n) is 6.26. The predicted molar refractivity (Wildman–Crippen MR) is 83.8 cm³/mol. The maximum absolute atomic E-state index is 12.8. The van der Waals surface area contributed by atoms with E-state index in [0.717, 1.165) is 42.3 Å². The van der Waals surface area contributed by atoms with Gasteiger partial charge in [0.1, 0.15) is 0 Å². The Morgan fingerprint density at radius 1 is 1.48 bits per heavy atom. The van der Waals surface area contributed by atoms with Crippen molar-refractivity contribution in [2.75, 3.05) is 11.9 Å². The fraction of sp³-hybridized carbons (Fsp3) is 0.500. The van der Waals surface area contributed by atoms with E-state index in [9.17, 15) is 4.79 Å². The number of nitrogens with one attached hydrogen (secondary N) is 2. The van der Waals surface area contributed by atoms with E-state index in [0.29, 0.717) is 12.5 Å². The molecule has 5 nitrogen and oxygen atoms in total. The van der Waals surface area contributed by atoms with Gasteiger partial charge >= 0.3 is 0 Å². The summed E-state index contributed by atoms with van der Waals surface area (Å²) in [6.07, 6.45) is 5.62. The van der Waals surface area contributed by atoms with Gasteiger partial charge in [-0.2, -0.15) is 5.10 Å². The van der Waals surface area contributed by atoms with Crippen LogP contribution in [0, 0.1) is 11.3 Å². The highest BCUT2D eigenvalue weighted by molar-refractivity contribution is 6.03. The number of nitrogens with zero attached hydrogens (tertiary/aromatic N) is 1. The topological polar surface area (TPSA) is 83.8 Å². The molecule has 5 heteroatoms. The van der Waals surface area contributed by atoms with E-state index in [1.807, 2.05) is 18.2 Å². The molecule has 0 bridgehead atoms. The number of rotatable bonds is 3. The molecular formula is C16H22N4O. The van der Waals surface area contributed by atoms with Crippen molar-refractivity contribution in [3.05, 3.63) is 24.4 Å². The Morgan fingerprint density at radius 2 is 2.24 bits per heavy atom. The summed E-state index contributed by atoms with van der Waals surface area (Å²) in [4.78, 5) is 12.8. The lowest BCUT2D eigenvalue weighted by atomic mass is 9.70. The van der Waals surface area contributed by atoms with Crippen molar-refractivity contribution < 1.29 is 4.79 Å². The molecule has 3 rings (SSSR count). The van der Waals surface area contributed by atoms with Gasteiger partial charge < -0.3 is 11.1 Å². The summed E-state index contributed by atoms with van der Waals surface area (Å²) in [5.74, 6) is 0.736. The fourth-order valence-corrected chi connectivity index (χ4v) is 3.17. The molecule has 112 valence electrons. The van der Waals surface area contributed by atoms with Crippen molar-refractivity contribution in [2.45, 2.75) is 32.6 Å². The lowest BCUT2D eigenvalue weighted by Crippen LogP contribution is -2.44. The molecule has 1 aliphatic carbocycles. The number of amides is 1. The van der Waals surface area contributed by atoms with Gasteiger partial charge in [0, 0.05) is 11.9 Å². The molecule has 1 heterocycles. The summed E-state index contributed by atoms with van der Waals surface area (Å²) < 4.78 is 0. The maximum atomic E-state index is 12.8. The molecular weight excluding hydrogens is 264 g/mol. The van der Waals surface area contributed by atoms with E-state index >= 15 is 0 Å². The highest BCUT2D eigenvalue weighted by Gasteiger charge is 2.39. The van der Waals surface area contributed by atoms with Crippen molar-refractivity contribution in [1.82, 2.24) is 10.2 Å². The van der Waals surface area contributed by atoms with E-state index in [2.05, 4.69) is 22.4 Å². The zero-order valence-electron chi connectivity index (χ0n) is 12.4. The van der Waals surface area contributed by atoms with Crippen LogP contribution in [-0.2, 0) is 4.79 Å². The van der Waals surface area contributed by atoms with Gasteiger partial charge in [-0.05, 0) is 43.7 Å². The van der Waals surface area contributed by atoms with E-state index < -0.39 is 5.41 Å². The first-order chi connectivity index (χ1) is 10.1. The van der Waals surface area contributed by atoms with Gasteiger partial charge in [0.05, 0.1) is 22.8 Å². The lowest BCUT2D eigenvalue weighted by molar-refractivity contribution is -0.127. The Morgan fingerprint density at radius 3 is 2.95 bits per heavy atom. The zero-order chi connectivity index (χ0) is 14.9. The third-order valence-electron chi connectivity index (χ3n) is 4.84. The van der Waals surface area contributed by atoms with Gasteiger partial charge in [-0.15, -0.1) is 0 Å². The normalized spacial score (nSPS) is 25.9. The van der Waals surface area contributed by atoms with Crippen molar-refractivity contribution in [2.24, 2.45) is 17.1 Å². The number of aromatic amines is 1. The average Bonchev–Trinajstić information content (AvgIpc) is 2.98. The van der Waals surface area contributed by atoms with Gasteiger partial charge in [0.25, 0.3) is 0 Å². The van der Waals surface area contributed by atoms with Crippen LogP contribution in [0.25, 0.3) is 10.9 Å². The molecule has 0 radical (unpaired) electrons. The highest BCUT2D eigenvalue weighted by Crippen LogP contribution is 2.39. The molecule has 4 N–H and O–H groups in total. The highest BCUT2D eigenvalue weighted by atomic mass is 16.2. The molecule has 1 saturated carbocycles. The van der Waals surface area contributed by atoms with Gasteiger partial charge in [0.15, 0.2) is 0 Å². The van der Waals surface area contributed by atoms with Crippen LogP contribution in [0.2, 0.25) is 0 Å². The predicted octanol–water partition coefficient (Wildman–Crippen LogP) is 2.66. The second-order valence-corrected chi connectivity index (χ2v) is 6.26. The van der Waals surface area contributed by atoms with E-state index in [1.54, 1.807) is 6.20 Å². The Balaban J connectivity index is 1.83. The minimum absolute atomic E-state index is 0.0469. The van der Waals surface area contributed by atoms with Gasteiger partial charge in [-0.3, -0.25) is 9.89 Å². The van der Waals surface area contributed by atoms with E-state index in [1.165, 1.54) is 0 Å². The number of anilines is 1. The lowest BCUT2D eigenvalue weighted by Gasteiger charge is -2.37. The van der Waals surface area contributed by atoms with Crippen LogP contribution in [0.15, 0.2) is 24.4 Å². The summed E-state index contributed by atoms with van der Waals surface area (Å²) in [6.45, 7) is 2.65. The molecule has 1 aromatic heterocycles. The van der Waals surface area contributed by atoms with Crippen molar-refractivity contribution in [3.8, 4) is 0 Å². The SMILES string of the molecule is CC1CCC(CN)(C(=O)Nc2cccc3[nH]ncc23)CC1. The molecule has 0 atom stereocenters. The van der Waals surface area contributed by atoms with Crippen LogP contribution in [0.4, 0.5) is 5.69 Å². The van der Waals surface area contributed by atoms with Crippen molar-refractivity contribution >= 4 is 22.5 Å². The van der Waals surface area contributed by atoms with Crippen LogP contribution in [0.1, 0.15) is 32.6 Å². The Kier molecular flexibility index (Phi) is 3.68. The van der Waals surface area contributed by atoms with Gasteiger partial charge in [0.2, 0.25) is 5.91 Å². The van der Waals surface area contributed by atoms with Crippen LogP contribution < -0.4 is 11.1 Å². The molecule has 1 aliphatic rings. The Labute approximate surface area is 124 Å². The summed E-state index contributed by atoms with van der Waals surface area (Å²) in [5.41, 5.74) is 7.26. The number of benzene rings is 1. The number of H-pyrrole nitrogens is 1. The minimum atomic E-state index is -0.418. The third-order valence-corrected chi connectivity index (χ3v) is 4.84. The zero-order valence-corrected chi connectivity index (χ0v) is 12.4. The third kappa shape index (κ3) is 2.53. The van der Waals surface area contributed by atoms with Crippen LogP contribution in [0.5, 0.6) is 0 Å². The second kappa shape index (κ2) is 5.48. The molecule has 1 amide bonds. The standard InChI is InChI=1S/C16H22N4O/c1-11-5-7-16(10-17,8-6-11)15(21)19-13-3-2-4-14-12(13)9-18-20-14/h2-4,9,11H,5-8,10,17H2,1H3,(H,18,20)(H,19,21). The molecule has 21 heavy (non-hydrogen) atoms. The fourth-order valence-electron chi connectivity index (χ4n) is 3.17. The number of hydrogen-bond donors (Lipinski definition) is 3. The summed E-state index contributed by atoms with van der Waals surface area (Å²) in [6, 6.07) is 5.76. The van der Waals surface area contributed by atoms with Crippen LogP contribution in [0.3, 0.4) is 0 Å².